The zero-order valence-electron chi connectivity index (χ0n) is 18.4. The molecule has 0 saturated carbocycles. The smallest absolute Gasteiger partial charge is 0.328 e. The third-order valence-electron chi connectivity index (χ3n) is 4.75. The van der Waals surface area contributed by atoms with Crippen molar-refractivity contribution in [1.29, 1.82) is 0 Å². The van der Waals surface area contributed by atoms with Crippen LogP contribution in [0.4, 0.5) is 0 Å². The van der Waals surface area contributed by atoms with Gasteiger partial charge in [0.05, 0.1) is 12.9 Å². The topological polar surface area (TPSA) is 98.8 Å². The number of esters is 2. The quantitative estimate of drug-likeness (QED) is 0.371. The summed E-state index contributed by atoms with van der Waals surface area (Å²) in [4.78, 5) is 48.8. The molecule has 3 aromatic rings. The second kappa shape index (κ2) is 12.4. The number of ether oxygens (including phenoxy) is 2. The Kier molecular flexibility index (Phi) is 8.99. The summed E-state index contributed by atoms with van der Waals surface area (Å²) in [6.45, 7) is 0. The Morgan fingerprint density at radius 1 is 0.824 bits per heavy atom. The predicted molar refractivity (Wildman–Crippen MR) is 129 cm³/mol. The number of nitrogens with one attached hydrogen (secondary N) is 1. The molecule has 1 amide bonds. The Labute approximate surface area is 201 Å². The van der Waals surface area contributed by atoms with Crippen molar-refractivity contribution in [2.75, 3.05) is 12.9 Å². The van der Waals surface area contributed by atoms with Crippen LogP contribution in [0.2, 0.25) is 0 Å². The van der Waals surface area contributed by atoms with Gasteiger partial charge in [0.15, 0.2) is 0 Å². The number of thioether (sulfide) groups is 1. The van der Waals surface area contributed by atoms with Crippen LogP contribution in [0.5, 0.6) is 5.75 Å². The van der Waals surface area contributed by atoms with Crippen molar-refractivity contribution in [2.24, 2.45) is 0 Å². The zero-order valence-corrected chi connectivity index (χ0v) is 19.2. The first-order valence-electron chi connectivity index (χ1n) is 10.4. The van der Waals surface area contributed by atoms with Crippen molar-refractivity contribution >= 4 is 34.7 Å². The summed E-state index contributed by atoms with van der Waals surface area (Å²) >= 11 is 0.873. The molecule has 0 bridgehead atoms. The third-order valence-corrected chi connectivity index (χ3v) is 5.63. The first kappa shape index (κ1) is 24.7. The molecule has 0 fully saturated rings. The molecule has 0 aliphatic carbocycles. The highest BCUT2D eigenvalue weighted by Crippen LogP contribution is 2.17. The lowest BCUT2D eigenvalue weighted by Crippen LogP contribution is -2.43. The molecule has 3 aromatic carbocycles. The molecule has 7 nitrogen and oxygen atoms in total. The molecule has 3 rings (SSSR count). The predicted octanol–water partition coefficient (Wildman–Crippen LogP) is 3.68. The van der Waals surface area contributed by atoms with Crippen molar-refractivity contribution in [2.45, 2.75) is 12.5 Å². The lowest BCUT2D eigenvalue weighted by molar-refractivity contribution is -0.142. The number of hydrogen-bond donors (Lipinski definition) is 1. The molecule has 1 atom stereocenters. The summed E-state index contributed by atoms with van der Waals surface area (Å²) in [6, 6.07) is 22.9. The minimum atomic E-state index is -0.883. The van der Waals surface area contributed by atoms with Gasteiger partial charge in [-0.25, -0.2) is 4.79 Å². The Hall–Kier alpha value is -3.91. The number of carbonyl (C=O) groups excluding carboxylic acids is 4. The molecule has 34 heavy (non-hydrogen) atoms. The average molecular weight is 478 g/mol. The lowest BCUT2D eigenvalue weighted by atomic mass is 10.1. The van der Waals surface area contributed by atoms with Crippen molar-refractivity contribution in [3.63, 3.8) is 0 Å². The SMILES string of the molecule is COC(=O)C(Cc1ccc(OC(=O)CSC(=O)c2ccccc2)cc1)NC(=O)c1ccccc1. The Bertz CT molecular complexity index is 1130. The van der Waals surface area contributed by atoms with Crippen LogP contribution in [-0.4, -0.2) is 41.9 Å². The fraction of sp³-hybridized carbons (Fsp3) is 0.154. The van der Waals surface area contributed by atoms with Gasteiger partial charge in [0.2, 0.25) is 5.12 Å². The highest BCUT2D eigenvalue weighted by Gasteiger charge is 2.22. The van der Waals surface area contributed by atoms with E-state index >= 15 is 0 Å². The van der Waals surface area contributed by atoms with Gasteiger partial charge in [0.25, 0.3) is 5.91 Å². The van der Waals surface area contributed by atoms with Gasteiger partial charge >= 0.3 is 11.9 Å². The molecular weight excluding hydrogens is 454 g/mol. The Balaban J connectivity index is 1.54. The molecule has 1 unspecified atom stereocenters. The first-order chi connectivity index (χ1) is 16.5. The number of hydrogen-bond acceptors (Lipinski definition) is 7. The first-order valence-corrected chi connectivity index (χ1v) is 11.4. The van der Waals surface area contributed by atoms with Gasteiger partial charge in [-0.05, 0) is 29.8 Å². The third kappa shape index (κ3) is 7.31. The van der Waals surface area contributed by atoms with E-state index in [2.05, 4.69) is 5.32 Å². The number of methoxy groups -OCH3 is 1. The van der Waals surface area contributed by atoms with E-state index in [4.69, 9.17) is 9.47 Å². The maximum atomic E-state index is 12.4. The Morgan fingerprint density at radius 2 is 1.41 bits per heavy atom. The fourth-order valence-corrected chi connectivity index (χ4v) is 3.65. The molecule has 0 radical (unpaired) electrons. The summed E-state index contributed by atoms with van der Waals surface area (Å²) in [5.74, 6) is -1.32. The van der Waals surface area contributed by atoms with Crippen molar-refractivity contribution in [3.8, 4) is 5.75 Å². The van der Waals surface area contributed by atoms with Gasteiger partial charge in [-0.2, -0.15) is 0 Å². The Morgan fingerprint density at radius 3 is 2.00 bits per heavy atom. The standard InChI is InChI=1S/C26H23NO6S/c1-32-25(30)22(27-24(29)19-8-4-2-5-9-19)16-18-12-14-21(15-13-18)33-23(28)17-34-26(31)20-10-6-3-7-11-20/h2-15,22H,16-17H2,1H3,(H,27,29). The molecule has 0 aliphatic rings. The van der Waals surface area contributed by atoms with Crippen LogP contribution >= 0.6 is 11.8 Å². The van der Waals surface area contributed by atoms with E-state index in [0.29, 0.717) is 16.9 Å². The summed E-state index contributed by atoms with van der Waals surface area (Å²) in [5.41, 5.74) is 1.68. The summed E-state index contributed by atoms with van der Waals surface area (Å²) in [5, 5.41) is 2.48. The van der Waals surface area contributed by atoms with E-state index in [-0.39, 0.29) is 23.2 Å². The normalized spacial score (nSPS) is 11.2. The zero-order chi connectivity index (χ0) is 24.3. The average Bonchev–Trinajstić information content (AvgIpc) is 2.88. The number of carbonyl (C=O) groups is 4. The molecule has 174 valence electrons. The fourth-order valence-electron chi connectivity index (χ4n) is 3.04. The van der Waals surface area contributed by atoms with E-state index in [0.717, 1.165) is 17.3 Å². The van der Waals surface area contributed by atoms with Crippen LogP contribution in [0.3, 0.4) is 0 Å². The van der Waals surface area contributed by atoms with Gasteiger partial charge in [-0.15, -0.1) is 0 Å². The number of benzene rings is 3. The monoisotopic (exact) mass is 477 g/mol. The highest BCUT2D eigenvalue weighted by atomic mass is 32.2. The van der Waals surface area contributed by atoms with Crippen LogP contribution in [0.15, 0.2) is 84.9 Å². The highest BCUT2D eigenvalue weighted by molar-refractivity contribution is 8.14. The maximum absolute atomic E-state index is 12.4. The van der Waals surface area contributed by atoms with Gasteiger partial charge in [-0.1, -0.05) is 72.4 Å². The second-order valence-electron chi connectivity index (χ2n) is 7.18. The van der Waals surface area contributed by atoms with E-state index in [1.807, 2.05) is 6.07 Å². The largest absolute Gasteiger partial charge is 0.467 e. The summed E-state index contributed by atoms with van der Waals surface area (Å²) in [6.07, 6.45) is 0.195. The van der Waals surface area contributed by atoms with Crippen molar-refractivity contribution in [3.05, 3.63) is 102 Å². The second-order valence-corrected chi connectivity index (χ2v) is 8.13. The van der Waals surface area contributed by atoms with Gasteiger partial charge < -0.3 is 14.8 Å². The van der Waals surface area contributed by atoms with E-state index in [1.54, 1.807) is 78.9 Å². The van der Waals surface area contributed by atoms with Crippen LogP contribution in [-0.2, 0) is 20.7 Å². The van der Waals surface area contributed by atoms with Crippen LogP contribution in [0.25, 0.3) is 0 Å². The number of amides is 1. The maximum Gasteiger partial charge on any atom is 0.328 e. The molecule has 0 heterocycles. The summed E-state index contributed by atoms with van der Waals surface area (Å²) < 4.78 is 10.1. The molecular formula is C26H23NO6S. The number of rotatable bonds is 9. The lowest BCUT2D eigenvalue weighted by Gasteiger charge is -2.17. The molecule has 0 saturated heterocycles. The molecule has 1 N–H and O–H groups in total. The van der Waals surface area contributed by atoms with E-state index < -0.39 is 18.0 Å². The minimum Gasteiger partial charge on any atom is -0.467 e. The summed E-state index contributed by atoms with van der Waals surface area (Å²) in [7, 11) is 1.26. The van der Waals surface area contributed by atoms with Crippen LogP contribution in [0, 0.1) is 0 Å². The van der Waals surface area contributed by atoms with Crippen LogP contribution < -0.4 is 10.1 Å². The van der Waals surface area contributed by atoms with Gasteiger partial charge in [0, 0.05) is 17.5 Å². The molecule has 8 heteroatoms. The minimum absolute atomic E-state index is 0.120. The molecule has 0 aromatic heterocycles. The van der Waals surface area contributed by atoms with E-state index in [1.165, 1.54) is 7.11 Å². The van der Waals surface area contributed by atoms with Gasteiger partial charge in [0.1, 0.15) is 11.8 Å². The van der Waals surface area contributed by atoms with Crippen LogP contribution in [0.1, 0.15) is 26.3 Å². The van der Waals surface area contributed by atoms with Crippen molar-refractivity contribution in [1.82, 2.24) is 5.32 Å². The molecule has 0 spiro atoms. The van der Waals surface area contributed by atoms with E-state index in [9.17, 15) is 19.2 Å². The van der Waals surface area contributed by atoms with Crippen molar-refractivity contribution < 1.29 is 28.7 Å². The molecule has 0 aliphatic heterocycles. The van der Waals surface area contributed by atoms with Gasteiger partial charge in [-0.3, -0.25) is 14.4 Å².